The van der Waals surface area contributed by atoms with E-state index in [0.717, 1.165) is 46.3 Å². The fourth-order valence-corrected chi connectivity index (χ4v) is 3.45. The summed E-state index contributed by atoms with van der Waals surface area (Å²) in [5.41, 5.74) is 4.19. The third-order valence-corrected chi connectivity index (χ3v) is 4.67. The van der Waals surface area contributed by atoms with Gasteiger partial charge in [-0.2, -0.15) is 5.26 Å². The van der Waals surface area contributed by atoms with E-state index in [1.54, 1.807) is 6.26 Å². The summed E-state index contributed by atoms with van der Waals surface area (Å²) in [4.78, 5) is 17.6. The monoisotopic (exact) mass is 358 g/mol. The first-order chi connectivity index (χ1) is 13.3. The van der Waals surface area contributed by atoms with E-state index in [9.17, 15) is 4.79 Å². The van der Waals surface area contributed by atoms with Crippen molar-refractivity contribution in [2.45, 2.75) is 25.7 Å². The topological polar surface area (TPSA) is 76.1 Å². The summed E-state index contributed by atoms with van der Waals surface area (Å²) in [5.74, 6) is 0.426. The lowest BCUT2D eigenvalue weighted by Crippen LogP contribution is -2.11. The third kappa shape index (κ3) is 3.34. The molecule has 2 heterocycles. The van der Waals surface area contributed by atoms with Crippen LogP contribution in [0.3, 0.4) is 0 Å². The number of hydrogen-bond donors (Lipinski definition) is 0. The van der Waals surface area contributed by atoms with Gasteiger partial charge in [-0.25, -0.2) is 9.78 Å². The molecule has 27 heavy (non-hydrogen) atoms. The highest BCUT2D eigenvalue weighted by molar-refractivity contribution is 6.07. The van der Waals surface area contributed by atoms with Crippen molar-refractivity contribution >= 4 is 28.5 Å². The highest BCUT2D eigenvalue weighted by atomic mass is 16.5. The largest absolute Gasteiger partial charge is 0.465 e. The van der Waals surface area contributed by atoms with Gasteiger partial charge in [0.25, 0.3) is 0 Å². The number of nitriles is 1. The lowest BCUT2D eigenvalue weighted by atomic mass is 10.0. The van der Waals surface area contributed by atoms with Crippen molar-refractivity contribution in [2.75, 3.05) is 6.61 Å². The van der Waals surface area contributed by atoms with E-state index in [1.807, 2.05) is 42.5 Å². The highest BCUT2D eigenvalue weighted by Gasteiger charge is 2.27. The van der Waals surface area contributed by atoms with Crippen molar-refractivity contribution in [3.05, 3.63) is 65.2 Å². The Morgan fingerprint density at radius 1 is 1.26 bits per heavy atom. The van der Waals surface area contributed by atoms with Crippen LogP contribution in [0.2, 0.25) is 0 Å². The summed E-state index contributed by atoms with van der Waals surface area (Å²) in [6.07, 6.45) is 6.07. The molecule has 0 amide bonds. The first-order valence-electron chi connectivity index (χ1n) is 8.98. The maximum Gasteiger partial charge on any atom is 0.339 e. The standard InChI is InChI=1S/C22H18N2O3/c23-11-3-4-12-27-22(25)20-17-7-1-2-8-19(17)24-21-15(9-10-18(20)21)14-16-6-5-13-26-16/h1-2,5-8,13-14H,3-4,9-10,12H2/b15-14+. The van der Waals surface area contributed by atoms with E-state index in [2.05, 4.69) is 6.07 Å². The number of nitrogens with zero attached hydrogens (tertiary/aromatic N) is 2. The Balaban J connectivity index is 1.77. The number of allylic oxidation sites excluding steroid dienone is 1. The van der Waals surface area contributed by atoms with Gasteiger partial charge in [-0.3, -0.25) is 0 Å². The fraction of sp³-hybridized carbons (Fsp3) is 0.227. The molecule has 1 aliphatic carbocycles. The first-order valence-corrected chi connectivity index (χ1v) is 8.98. The molecule has 0 unspecified atom stereocenters. The number of esters is 1. The molecule has 0 radical (unpaired) electrons. The number of furan rings is 1. The molecular weight excluding hydrogens is 340 g/mol. The molecule has 0 fully saturated rings. The predicted octanol–water partition coefficient (Wildman–Crippen LogP) is 4.78. The Morgan fingerprint density at radius 2 is 2.15 bits per heavy atom. The lowest BCUT2D eigenvalue weighted by molar-refractivity contribution is 0.0503. The minimum atomic E-state index is -0.345. The zero-order valence-corrected chi connectivity index (χ0v) is 14.8. The quantitative estimate of drug-likeness (QED) is 0.485. The van der Waals surface area contributed by atoms with E-state index >= 15 is 0 Å². The van der Waals surface area contributed by atoms with Crippen LogP contribution in [0.15, 0.2) is 47.1 Å². The predicted molar refractivity (Wildman–Crippen MR) is 102 cm³/mol. The van der Waals surface area contributed by atoms with E-state index in [0.29, 0.717) is 18.4 Å². The van der Waals surface area contributed by atoms with Crippen LogP contribution < -0.4 is 0 Å². The number of benzene rings is 1. The molecule has 4 rings (SSSR count). The van der Waals surface area contributed by atoms with Gasteiger partial charge < -0.3 is 9.15 Å². The second kappa shape index (κ2) is 7.46. The van der Waals surface area contributed by atoms with Crippen molar-refractivity contribution in [3.63, 3.8) is 0 Å². The van der Waals surface area contributed by atoms with Gasteiger partial charge in [-0.15, -0.1) is 0 Å². The van der Waals surface area contributed by atoms with Crippen LogP contribution in [0.5, 0.6) is 0 Å². The fourth-order valence-electron chi connectivity index (χ4n) is 3.45. The average Bonchev–Trinajstić information content (AvgIpc) is 3.34. The minimum absolute atomic E-state index is 0.243. The number of carbonyl (C=O) groups excluding carboxylic acids is 1. The van der Waals surface area contributed by atoms with Gasteiger partial charge in [0.15, 0.2) is 0 Å². The number of pyridine rings is 1. The Morgan fingerprint density at radius 3 is 2.96 bits per heavy atom. The van der Waals surface area contributed by atoms with Gasteiger partial charge in [0, 0.05) is 11.8 Å². The van der Waals surface area contributed by atoms with Gasteiger partial charge in [0.1, 0.15) is 5.76 Å². The summed E-state index contributed by atoms with van der Waals surface area (Å²) in [5, 5.41) is 9.44. The maximum absolute atomic E-state index is 12.8. The Hall–Kier alpha value is -3.39. The number of ether oxygens (including phenoxy) is 1. The molecule has 5 nitrogen and oxygen atoms in total. The number of para-hydroxylation sites is 1. The number of carbonyl (C=O) groups is 1. The zero-order valence-electron chi connectivity index (χ0n) is 14.8. The molecule has 2 aromatic heterocycles. The van der Waals surface area contributed by atoms with Crippen LogP contribution in [-0.2, 0) is 11.2 Å². The Labute approximate surface area is 156 Å². The smallest absolute Gasteiger partial charge is 0.339 e. The van der Waals surface area contributed by atoms with Gasteiger partial charge in [-0.05, 0) is 54.7 Å². The van der Waals surface area contributed by atoms with Crippen LogP contribution >= 0.6 is 0 Å². The van der Waals surface area contributed by atoms with E-state index in [-0.39, 0.29) is 12.6 Å². The first kappa shape index (κ1) is 17.0. The SMILES string of the molecule is N#CCCCOC(=O)c1c2c(nc3ccccc13)/C(=C/c1ccco1)CC2. The Kier molecular flexibility index (Phi) is 4.71. The molecule has 5 heteroatoms. The van der Waals surface area contributed by atoms with E-state index < -0.39 is 0 Å². The van der Waals surface area contributed by atoms with Crippen LogP contribution in [0.1, 0.15) is 46.6 Å². The molecule has 1 aliphatic rings. The molecule has 0 atom stereocenters. The van der Waals surface area contributed by atoms with Crippen molar-refractivity contribution < 1.29 is 13.9 Å². The second-order valence-electron chi connectivity index (χ2n) is 6.41. The van der Waals surface area contributed by atoms with Crippen molar-refractivity contribution in [3.8, 4) is 6.07 Å². The number of hydrogen-bond acceptors (Lipinski definition) is 5. The molecule has 0 saturated carbocycles. The van der Waals surface area contributed by atoms with E-state index in [1.165, 1.54) is 0 Å². The molecular formula is C22H18N2O3. The summed E-state index contributed by atoms with van der Waals surface area (Å²) in [6.45, 7) is 0.243. The molecule has 1 aromatic carbocycles. The number of rotatable bonds is 5. The summed E-state index contributed by atoms with van der Waals surface area (Å²) in [7, 11) is 0. The van der Waals surface area contributed by atoms with Gasteiger partial charge in [0.2, 0.25) is 0 Å². The van der Waals surface area contributed by atoms with E-state index in [4.69, 9.17) is 19.4 Å². The summed E-state index contributed by atoms with van der Waals surface area (Å²) >= 11 is 0. The van der Waals surface area contributed by atoms with Crippen LogP contribution in [-0.4, -0.2) is 17.6 Å². The normalized spacial score (nSPS) is 14.3. The van der Waals surface area contributed by atoms with Gasteiger partial charge in [0.05, 0.1) is 35.7 Å². The average molecular weight is 358 g/mol. The zero-order chi connectivity index (χ0) is 18.6. The van der Waals surface area contributed by atoms with Crippen LogP contribution in [0.25, 0.3) is 22.6 Å². The Bertz CT molecular complexity index is 1060. The van der Waals surface area contributed by atoms with Crippen molar-refractivity contribution in [2.24, 2.45) is 0 Å². The molecule has 3 aromatic rings. The minimum Gasteiger partial charge on any atom is -0.465 e. The highest BCUT2D eigenvalue weighted by Crippen LogP contribution is 2.37. The molecule has 0 aliphatic heterocycles. The summed E-state index contributed by atoms with van der Waals surface area (Å²) in [6, 6.07) is 13.4. The number of fused-ring (bicyclic) bond motifs is 2. The maximum atomic E-state index is 12.8. The van der Waals surface area contributed by atoms with Crippen molar-refractivity contribution in [1.82, 2.24) is 4.98 Å². The second-order valence-corrected chi connectivity index (χ2v) is 6.41. The molecule has 0 N–H and O–H groups in total. The molecule has 0 bridgehead atoms. The third-order valence-electron chi connectivity index (χ3n) is 4.67. The number of unbranched alkanes of at least 4 members (excludes halogenated alkanes) is 1. The van der Waals surface area contributed by atoms with Crippen LogP contribution in [0, 0.1) is 11.3 Å². The van der Waals surface area contributed by atoms with Gasteiger partial charge >= 0.3 is 5.97 Å². The van der Waals surface area contributed by atoms with Crippen LogP contribution in [0.4, 0.5) is 0 Å². The molecule has 0 saturated heterocycles. The summed E-state index contributed by atoms with van der Waals surface area (Å²) < 4.78 is 10.9. The lowest BCUT2D eigenvalue weighted by Gasteiger charge is -2.12. The van der Waals surface area contributed by atoms with Gasteiger partial charge in [-0.1, -0.05) is 18.2 Å². The van der Waals surface area contributed by atoms with Crippen molar-refractivity contribution in [1.29, 1.82) is 5.26 Å². The number of aromatic nitrogens is 1. The molecule has 134 valence electrons. The molecule has 0 spiro atoms.